The molecule has 6 heteroatoms. The lowest BCUT2D eigenvalue weighted by Gasteiger charge is -2.46. The molecule has 3 heterocycles. The highest BCUT2D eigenvalue weighted by Crippen LogP contribution is 2.49. The monoisotopic (exact) mass is 468 g/mol. The largest absolute Gasteiger partial charge is 0.492 e. The minimum Gasteiger partial charge on any atom is -0.492 e. The third-order valence-electron chi connectivity index (χ3n) is 7.36. The Labute approximate surface area is 201 Å². The number of unbranched alkanes of at least 4 members (excludes halogenated alkanes) is 3. The van der Waals surface area contributed by atoms with Gasteiger partial charge in [-0.1, -0.05) is 30.7 Å². The molecule has 1 fully saturated rings. The SMILES string of the molecule is C[C@@H]1CC2=C(Cc3ccccc32)[C@@H](c2ccc(OCCCCCCF)cn2)N1CC1(F)COC1. The van der Waals surface area contributed by atoms with Crippen LogP contribution in [0, 0.1) is 0 Å². The third-order valence-corrected chi connectivity index (χ3v) is 7.36. The van der Waals surface area contributed by atoms with Crippen LogP contribution in [0.5, 0.6) is 5.75 Å². The number of aromatic nitrogens is 1. The molecule has 0 bridgehead atoms. The van der Waals surface area contributed by atoms with Gasteiger partial charge < -0.3 is 9.47 Å². The predicted octanol–water partition coefficient (Wildman–Crippen LogP) is 5.87. The normalized spacial score (nSPS) is 23.4. The smallest absolute Gasteiger partial charge is 0.169 e. The number of ether oxygens (including phenoxy) is 2. The zero-order valence-corrected chi connectivity index (χ0v) is 19.9. The number of benzene rings is 1. The first-order valence-electron chi connectivity index (χ1n) is 12.6. The van der Waals surface area contributed by atoms with Gasteiger partial charge in [-0.2, -0.15) is 0 Å². The predicted molar refractivity (Wildman–Crippen MR) is 129 cm³/mol. The molecule has 3 aliphatic rings. The molecule has 0 spiro atoms. The van der Waals surface area contributed by atoms with Gasteiger partial charge in [0.25, 0.3) is 0 Å². The standard InChI is InChI=1S/C28H34F2N2O2/c1-20-14-24-23-9-5-4-8-21(23)15-25(24)27(32(20)17-28(30)18-33-19-28)26-11-10-22(16-31-26)34-13-7-3-2-6-12-29/h4-5,8-11,16,20,27H,2-3,6-7,12-15,17-19H2,1H3/t20-,27+/m1/s1. The molecule has 0 saturated carbocycles. The number of pyridine rings is 1. The van der Waals surface area contributed by atoms with Crippen molar-refractivity contribution in [1.82, 2.24) is 9.88 Å². The fraction of sp³-hybridized carbons (Fsp3) is 0.536. The quantitative estimate of drug-likeness (QED) is 0.408. The molecule has 1 aromatic heterocycles. The van der Waals surface area contributed by atoms with Gasteiger partial charge in [-0.3, -0.25) is 14.3 Å². The summed E-state index contributed by atoms with van der Waals surface area (Å²) in [5, 5.41) is 0. The first kappa shape index (κ1) is 23.4. The van der Waals surface area contributed by atoms with E-state index in [4.69, 9.17) is 14.5 Å². The van der Waals surface area contributed by atoms with Crippen LogP contribution in [0.3, 0.4) is 0 Å². The molecule has 1 saturated heterocycles. The van der Waals surface area contributed by atoms with Crippen LogP contribution in [0.4, 0.5) is 8.78 Å². The van der Waals surface area contributed by atoms with Crippen LogP contribution in [-0.2, 0) is 11.2 Å². The van der Waals surface area contributed by atoms with Crippen LogP contribution in [0.1, 0.15) is 61.9 Å². The second kappa shape index (κ2) is 10.1. The Bertz CT molecular complexity index is 1020. The Morgan fingerprint density at radius 1 is 1.12 bits per heavy atom. The van der Waals surface area contributed by atoms with Crippen LogP contribution < -0.4 is 4.74 Å². The molecule has 0 unspecified atom stereocenters. The van der Waals surface area contributed by atoms with E-state index in [9.17, 15) is 4.39 Å². The molecular weight excluding hydrogens is 434 g/mol. The maximum atomic E-state index is 15.2. The van der Waals surface area contributed by atoms with E-state index in [0.717, 1.165) is 43.5 Å². The molecule has 2 aliphatic heterocycles. The van der Waals surface area contributed by atoms with E-state index in [0.29, 0.717) is 19.6 Å². The molecule has 34 heavy (non-hydrogen) atoms. The van der Waals surface area contributed by atoms with Gasteiger partial charge in [0.1, 0.15) is 5.75 Å². The van der Waals surface area contributed by atoms with Crippen molar-refractivity contribution in [3.8, 4) is 5.75 Å². The minimum absolute atomic E-state index is 0.0610. The number of halogens is 2. The molecule has 4 nitrogen and oxygen atoms in total. The first-order valence-corrected chi connectivity index (χ1v) is 12.6. The molecule has 1 aromatic carbocycles. The summed E-state index contributed by atoms with van der Waals surface area (Å²) in [6, 6.07) is 12.8. The maximum Gasteiger partial charge on any atom is 0.169 e. The Morgan fingerprint density at radius 3 is 2.68 bits per heavy atom. The lowest BCUT2D eigenvalue weighted by atomic mass is 9.85. The van der Waals surface area contributed by atoms with Crippen LogP contribution in [0.15, 0.2) is 48.2 Å². The highest BCUT2D eigenvalue weighted by molar-refractivity contribution is 5.78. The summed E-state index contributed by atoms with van der Waals surface area (Å²) < 4.78 is 38.5. The molecule has 0 amide bonds. The van der Waals surface area contributed by atoms with E-state index >= 15 is 4.39 Å². The molecule has 2 atom stereocenters. The molecule has 5 rings (SSSR count). The number of alkyl halides is 2. The number of hydrogen-bond acceptors (Lipinski definition) is 4. The van der Waals surface area contributed by atoms with Crippen molar-refractivity contribution in [3.63, 3.8) is 0 Å². The summed E-state index contributed by atoms with van der Waals surface area (Å²) >= 11 is 0. The van der Waals surface area contributed by atoms with E-state index < -0.39 is 5.67 Å². The van der Waals surface area contributed by atoms with Crippen molar-refractivity contribution < 1.29 is 18.3 Å². The van der Waals surface area contributed by atoms with Crippen molar-refractivity contribution >= 4 is 5.57 Å². The fourth-order valence-corrected chi connectivity index (χ4v) is 5.54. The van der Waals surface area contributed by atoms with E-state index in [2.05, 4.69) is 36.1 Å². The van der Waals surface area contributed by atoms with E-state index in [1.165, 1.54) is 22.3 Å². The summed E-state index contributed by atoms with van der Waals surface area (Å²) in [6.07, 6.45) is 6.99. The highest BCUT2D eigenvalue weighted by atomic mass is 19.1. The highest BCUT2D eigenvalue weighted by Gasteiger charge is 2.46. The molecule has 1 aliphatic carbocycles. The second-order valence-corrected chi connectivity index (χ2v) is 9.98. The van der Waals surface area contributed by atoms with E-state index in [-0.39, 0.29) is 32.0 Å². The molecule has 182 valence electrons. The fourth-order valence-electron chi connectivity index (χ4n) is 5.54. The topological polar surface area (TPSA) is 34.6 Å². The van der Waals surface area contributed by atoms with E-state index in [1.54, 1.807) is 6.20 Å². The van der Waals surface area contributed by atoms with Gasteiger partial charge in [0.15, 0.2) is 5.67 Å². The lowest BCUT2D eigenvalue weighted by molar-refractivity contribution is -0.147. The van der Waals surface area contributed by atoms with Gasteiger partial charge in [-0.15, -0.1) is 0 Å². The summed E-state index contributed by atoms with van der Waals surface area (Å²) in [4.78, 5) is 7.10. The van der Waals surface area contributed by atoms with Crippen molar-refractivity contribution in [2.45, 2.75) is 63.2 Å². The Hall–Kier alpha value is -2.31. The Morgan fingerprint density at radius 2 is 1.94 bits per heavy atom. The van der Waals surface area contributed by atoms with Crippen molar-refractivity contribution in [3.05, 3.63) is 65.0 Å². The zero-order valence-electron chi connectivity index (χ0n) is 19.9. The first-order chi connectivity index (χ1) is 16.6. The van der Waals surface area contributed by atoms with Crippen molar-refractivity contribution in [2.75, 3.05) is 33.0 Å². The second-order valence-electron chi connectivity index (χ2n) is 9.98. The van der Waals surface area contributed by atoms with Gasteiger partial charge in [-0.25, -0.2) is 4.39 Å². The molecule has 0 N–H and O–H groups in total. The molecular formula is C28H34F2N2O2. The third kappa shape index (κ3) is 4.76. The Balaban J connectivity index is 1.36. The number of fused-ring (bicyclic) bond motifs is 2. The van der Waals surface area contributed by atoms with Crippen molar-refractivity contribution in [1.29, 1.82) is 0 Å². The van der Waals surface area contributed by atoms with Crippen LogP contribution in [0.25, 0.3) is 5.57 Å². The summed E-state index contributed by atoms with van der Waals surface area (Å²) in [5.41, 5.74) is 5.08. The maximum absolute atomic E-state index is 15.2. The van der Waals surface area contributed by atoms with Crippen LogP contribution in [-0.4, -0.2) is 54.6 Å². The molecule has 0 radical (unpaired) electrons. The summed E-state index contributed by atoms with van der Waals surface area (Å²) in [7, 11) is 0. The average molecular weight is 469 g/mol. The van der Waals surface area contributed by atoms with Gasteiger partial charge in [0, 0.05) is 12.6 Å². The summed E-state index contributed by atoms with van der Waals surface area (Å²) in [6.45, 7) is 3.24. The number of hydrogen-bond donors (Lipinski definition) is 0. The van der Waals surface area contributed by atoms with Crippen LogP contribution >= 0.6 is 0 Å². The Kier molecular flexibility index (Phi) is 6.98. The van der Waals surface area contributed by atoms with Gasteiger partial charge in [0.2, 0.25) is 0 Å². The summed E-state index contributed by atoms with van der Waals surface area (Å²) in [5.74, 6) is 0.739. The number of nitrogens with zero attached hydrogens (tertiary/aromatic N) is 2. The van der Waals surface area contributed by atoms with Crippen molar-refractivity contribution in [2.24, 2.45) is 0 Å². The average Bonchev–Trinajstić information content (AvgIpc) is 3.19. The molecule has 2 aromatic rings. The van der Waals surface area contributed by atoms with Gasteiger partial charge in [0.05, 0.1) is 44.4 Å². The van der Waals surface area contributed by atoms with Gasteiger partial charge in [-0.05, 0) is 73.4 Å². The minimum atomic E-state index is -1.29. The van der Waals surface area contributed by atoms with Gasteiger partial charge >= 0.3 is 0 Å². The van der Waals surface area contributed by atoms with Crippen LogP contribution in [0.2, 0.25) is 0 Å². The number of rotatable bonds is 10. The van der Waals surface area contributed by atoms with E-state index in [1.807, 2.05) is 12.1 Å². The lowest BCUT2D eigenvalue weighted by Crippen LogP contribution is -2.57. The zero-order chi connectivity index (χ0) is 23.5.